The van der Waals surface area contributed by atoms with E-state index in [0.29, 0.717) is 18.8 Å². The zero-order chi connectivity index (χ0) is 23.3. The minimum absolute atomic E-state index is 0.00884. The zero-order valence-electron chi connectivity index (χ0n) is 17.7. The van der Waals surface area contributed by atoms with Crippen molar-refractivity contribution >= 4 is 15.9 Å². The SMILES string of the molecule is COc1ccc(S(=O)(=O)N2CCOCC2)cc1C(=O)N(C)Cc1ccc(OC(F)F)cc1. The summed E-state index contributed by atoms with van der Waals surface area (Å²) in [7, 11) is -0.848. The molecule has 3 rings (SSSR count). The minimum atomic E-state index is -3.79. The Morgan fingerprint density at radius 2 is 1.81 bits per heavy atom. The van der Waals surface area contributed by atoms with E-state index in [2.05, 4.69) is 4.74 Å². The van der Waals surface area contributed by atoms with Crippen molar-refractivity contribution in [1.82, 2.24) is 9.21 Å². The van der Waals surface area contributed by atoms with Gasteiger partial charge in [-0.3, -0.25) is 4.79 Å². The Morgan fingerprint density at radius 1 is 1.16 bits per heavy atom. The van der Waals surface area contributed by atoms with Crippen molar-refractivity contribution in [2.75, 3.05) is 40.5 Å². The molecule has 0 aromatic heterocycles. The number of morpholine rings is 1. The van der Waals surface area contributed by atoms with Crippen molar-refractivity contribution in [1.29, 1.82) is 0 Å². The lowest BCUT2D eigenvalue weighted by Gasteiger charge is -2.26. The topological polar surface area (TPSA) is 85.4 Å². The number of amides is 1. The number of halogens is 2. The van der Waals surface area contributed by atoms with Gasteiger partial charge in [-0.1, -0.05) is 12.1 Å². The van der Waals surface area contributed by atoms with Crippen LogP contribution in [0.3, 0.4) is 0 Å². The van der Waals surface area contributed by atoms with Crippen LogP contribution < -0.4 is 9.47 Å². The molecular formula is C21H24F2N2O6S. The van der Waals surface area contributed by atoms with Crippen LogP contribution in [-0.2, 0) is 21.3 Å². The van der Waals surface area contributed by atoms with Crippen LogP contribution in [0.4, 0.5) is 8.78 Å². The molecule has 0 bridgehead atoms. The first-order valence-electron chi connectivity index (χ1n) is 9.77. The van der Waals surface area contributed by atoms with Crippen LogP contribution >= 0.6 is 0 Å². The summed E-state index contributed by atoms with van der Waals surface area (Å²) in [6.45, 7) is -1.65. The van der Waals surface area contributed by atoms with Gasteiger partial charge in [0.05, 0.1) is 30.8 Å². The monoisotopic (exact) mass is 470 g/mol. The smallest absolute Gasteiger partial charge is 0.387 e. The van der Waals surface area contributed by atoms with Crippen LogP contribution in [-0.4, -0.2) is 70.6 Å². The summed E-state index contributed by atoms with van der Waals surface area (Å²) in [4.78, 5) is 14.5. The van der Waals surface area contributed by atoms with E-state index < -0.39 is 22.5 Å². The Morgan fingerprint density at radius 3 is 2.41 bits per heavy atom. The molecular weight excluding hydrogens is 446 g/mol. The molecule has 0 aliphatic carbocycles. The third-order valence-corrected chi connectivity index (χ3v) is 6.82. The molecule has 0 atom stereocenters. The molecule has 1 saturated heterocycles. The van der Waals surface area contributed by atoms with Gasteiger partial charge in [0.2, 0.25) is 10.0 Å². The second-order valence-electron chi connectivity index (χ2n) is 7.06. The second-order valence-corrected chi connectivity index (χ2v) is 9.00. The molecule has 32 heavy (non-hydrogen) atoms. The van der Waals surface area contributed by atoms with Crippen LogP contribution in [0.15, 0.2) is 47.4 Å². The lowest BCUT2D eigenvalue weighted by atomic mass is 10.1. The van der Waals surface area contributed by atoms with Crippen molar-refractivity contribution < 1.29 is 36.2 Å². The fraction of sp³-hybridized carbons (Fsp3) is 0.381. The Kier molecular flexibility index (Phi) is 7.64. The zero-order valence-corrected chi connectivity index (χ0v) is 18.5. The highest BCUT2D eigenvalue weighted by Gasteiger charge is 2.28. The highest BCUT2D eigenvalue weighted by molar-refractivity contribution is 7.89. The van der Waals surface area contributed by atoms with Gasteiger partial charge in [-0.2, -0.15) is 13.1 Å². The summed E-state index contributed by atoms with van der Waals surface area (Å²) < 4.78 is 66.6. The second kappa shape index (κ2) is 10.2. The maximum absolute atomic E-state index is 13.1. The highest BCUT2D eigenvalue weighted by atomic mass is 32.2. The van der Waals surface area contributed by atoms with E-state index >= 15 is 0 Å². The number of sulfonamides is 1. The van der Waals surface area contributed by atoms with Crippen molar-refractivity contribution in [3.63, 3.8) is 0 Å². The molecule has 1 fully saturated rings. The fourth-order valence-corrected chi connectivity index (χ4v) is 4.71. The normalized spacial score (nSPS) is 14.9. The molecule has 0 unspecified atom stereocenters. The molecule has 1 aliphatic heterocycles. The standard InChI is InChI=1S/C21H24F2N2O6S/c1-24(14-15-3-5-16(6-4-15)31-21(22)23)20(26)18-13-17(7-8-19(18)29-2)32(27,28)25-9-11-30-12-10-25/h3-8,13,21H,9-12,14H2,1-2H3. The Labute approximate surface area is 185 Å². The third-order valence-electron chi connectivity index (χ3n) is 4.92. The molecule has 8 nitrogen and oxygen atoms in total. The number of alkyl halides is 2. The first-order valence-corrected chi connectivity index (χ1v) is 11.2. The number of ether oxygens (including phenoxy) is 3. The molecule has 0 spiro atoms. The molecule has 2 aromatic rings. The number of hydrogen-bond acceptors (Lipinski definition) is 6. The van der Waals surface area contributed by atoms with Crippen LogP contribution in [0.5, 0.6) is 11.5 Å². The van der Waals surface area contributed by atoms with Gasteiger partial charge in [-0.25, -0.2) is 8.42 Å². The van der Waals surface area contributed by atoms with Crippen molar-refractivity contribution in [3.05, 3.63) is 53.6 Å². The highest BCUT2D eigenvalue weighted by Crippen LogP contribution is 2.27. The van der Waals surface area contributed by atoms with Crippen molar-refractivity contribution in [3.8, 4) is 11.5 Å². The number of benzene rings is 2. The average Bonchev–Trinajstić information content (AvgIpc) is 2.79. The molecule has 0 N–H and O–H groups in total. The molecule has 1 amide bonds. The van der Waals surface area contributed by atoms with Gasteiger partial charge in [0.1, 0.15) is 11.5 Å². The van der Waals surface area contributed by atoms with Crippen LogP contribution in [0.2, 0.25) is 0 Å². The predicted octanol–water partition coefficient (Wildman–Crippen LogP) is 2.59. The van der Waals surface area contributed by atoms with Crippen LogP contribution in [0.25, 0.3) is 0 Å². The van der Waals surface area contributed by atoms with E-state index in [4.69, 9.17) is 9.47 Å². The maximum Gasteiger partial charge on any atom is 0.387 e. The number of hydrogen-bond donors (Lipinski definition) is 0. The molecule has 174 valence electrons. The largest absolute Gasteiger partial charge is 0.496 e. The van der Waals surface area contributed by atoms with E-state index in [1.807, 2.05) is 0 Å². The summed E-state index contributed by atoms with van der Waals surface area (Å²) in [6.07, 6.45) is 0. The maximum atomic E-state index is 13.1. The number of carbonyl (C=O) groups is 1. The molecule has 0 radical (unpaired) electrons. The van der Waals surface area contributed by atoms with Crippen LogP contribution in [0, 0.1) is 0 Å². The number of carbonyl (C=O) groups excluding carboxylic acids is 1. The Balaban J connectivity index is 1.80. The molecule has 11 heteroatoms. The molecule has 1 heterocycles. The van der Waals surface area contributed by atoms with Gasteiger partial charge in [0.25, 0.3) is 5.91 Å². The fourth-order valence-electron chi connectivity index (χ4n) is 3.28. The Bertz CT molecular complexity index is 1040. The molecule has 1 aliphatic rings. The van der Waals surface area contributed by atoms with Gasteiger partial charge < -0.3 is 19.1 Å². The summed E-state index contributed by atoms with van der Waals surface area (Å²) >= 11 is 0. The van der Waals surface area contributed by atoms with E-state index in [-0.39, 0.29) is 41.6 Å². The van der Waals surface area contributed by atoms with Crippen LogP contribution in [0.1, 0.15) is 15.9 Å². The average molecular weight is 470 g/mol. The minimum Gasteiger partial charge on any atom is -0.496 e. The van der Waals surface area contributed by atoms with Crippen molar-refractivity contribution in [2.45, 2.75) is 18.1 Å². The van der Waals surface area contributed by atoms with Gasteiger partial charge in [0, 0.05) is 26.7 Å². The van der Waals surface area contributed by atoms with E-state index in [1.165, 1.54) is 46.6 Å². The van der Waals surface area contributed by atoms with E-state index in [9.17, 15) is 22.0 Å². The Hall–Kier alpha value is -2.76. The first-order chi connectivity index (χ1) is 15.2. The quantitative estimate of drug-likeness (QED) is 0.590. The van der Waals surface area contributed by atoms with Crippen molar-refractivity contribution in [2.24, 2.45) is 0 Å². The molecule has 0 saturated carbocycles. The summed E-state index contributed by atoms with van der Waals surface area (Å²) in [5.74, 6) is -0.197. The third kappa shape index (κ3) is 5.53. The van der Waals surface area contributed by atoms with E-state index in [0.717, 1.165) is 0 Å². The van der Waals surface area contributed by atoms with Gasteiger partial charge in [-0.15, -0.1) is 0 Å². The van der Waals surface area contributed by atoms with Gasteiger partial charge in [0.15, 0.2) is 0 Å². The lowest BCUT2D eigenvalue weighted by molar-refractivity contribution is -0.0498. The number of methoxy groups -OCH3 is 1. The number of rotatable bonds is 8. The summed E-state index contributed by atoms with van der Waals surface area (Å²) in [5, 5.41) is 0. The molecule has 2 aromatic carbocycles. The van der Waals surface area contributed by atoms with Gasteiger partial charge >= 0.3 is 6.61 Å². The lowest BCUT2D eigenvalue weighted by Crippen LogP contribution is -2.40. The predicted molar refractivity (Wildman–Crippen MR) is 111 cm³/mol. The van der Waals surface area contributed by atoms with E-state index in [1.54, 1.807) is 19.2 Å². The summed E-state index contributed by atoms with van der Waals surface area (Å²) in [6, 6.07) is 10.1. The first kappa shape index (κ1) is 23.9. The van der Waals surface area contributed by atoms with Gasteiger partial charge in [-0.05, 0) is 35.9 Å². The number of nitrogens with zero attached hydrogens (tertiary/aromatic N) is 2. The summed E-state index contributed by atoms with van der Waals surface area (Å²) in [5.41, 5.74) is 0.778.